The zero-order valence-corrected chi connectivity index (χ0v) is 9.66. The summed E-state index contributed by atoms with van der Waals surface area (Å²) in [5.41, 5.74) is 0. The van der Waals surface area contributed by atoms with Gasteiger partial charge in [0, 0.05) is 0 Å². The average Bonchev–Trinajstić information content (AvgIpc) is 2.70. The summed E-state index contributed by atoms with van der Waals surface area (Å²) in [6, 6.07) is 3.74. The summed E-state index contributed by atoms with van der Waals surface area (Å²) in [6.45, 7) is 0. The Balaban J connectivity index is 2.12. The fourth-order valence-corrected chi connectivity index (χ4v) is 2.11. The molecule has 16 heavy (non-hydrogen) atoms. The molecule has 2 rings (SSSR count). The Morgan fingerprint density at radius 3 is 2.81 bits per heavy atom. The summed E-state index contributed by atoms with van der Waals surface area (Å²) in [5, 5.41) is 3.24. The van der Waals surface area contributed by atoms with E-state index in [9.17, 15) is 4.79 Å². The van der Waals surface area contributed by atoms with Crippen molar-refractivity contribution in [1.82, 2.24) is 5.32 Å². The highest BCUT2D eigenvalue weighted by Gasteiger charge is 2.29. The van der Waals surface area contributed by atoms with Gasteiger partial charge in [0.15, 0.2) is 0 Å². The van der Waals surface area contributed by atoms with E-state index in [1.54, 1.807) is 6.07 Å². The molecule has 88 valence electrons. The van der Waals surface area contributed by atoms with E-state index in [4.69, 9.17) is 4.42 Å². The number of rotatable bonds is 4. The smallest absolute Gasteiger partial charge is 0.373 e. The fourth-order valence-electron chi connectivity index (χ4n) is 2.11. The largest absolute Gasteiger partial charge is 0.463 e. The molecule has 4 nitrogen and oxygen atoms in total. The molecule has 0 amide bonds. The number of carbonyl (C=O) groups is 1. The van der Waals surface area contributed by atoms with E-state index in [1.807, 2.05) is 13.1 Å². The molecule has 4 heteroatoms. The van der Waals surface area contributed by atoms with Crippen molar-refractivity contribution in [2.24, 2.45) is 5.92 Å². The first kappa shape index (κ1) is 11.2. The van der Waals surface area contributed by atoms with E-state index in [0.717, 1.165) is 5.76 Å². The second-order valence-corrected chi connectivity index (χ2v) is 4.15. The van der Waals surface area contributed by atoms with Crippen LogP contribution in [0.1, 0.15) is 41.6 Å². The van der Waals surface area contributed by atoms with Gasteiger partial charge in [-0.25, -0.2) is 4.79 Å². The Hall–Kier alpha value is -1.29. The van der Waals surface area contributed by atoms with E-state index >= 15 is 0 Å². The lowest BCUT2D eigenvalue weighted by Crippen LogP contribution is -2.29. The van der Waals surface area contributed by atoms with Crippen LogP contribution in [0.2, 0.25) is 0 Å². The van der Waals surface area contributed by atoms with Crippen molar-refractivity contribution in [1.29, 1.82) is 0 Å². The minimum atomic E-state index is -0.422. The number of esters is 1. The first-order chi connectivity index (χ1) is 7.76. The number of methoxy groups -OCH3 is 1. The number of hydrogen-bond donors (Lipinski definition) is 1. The molecule has 1 aromatic rings. The Bertz CT molecular complexity index is 368. The molecule has 1 N–H and O–H groups in total. The Morgan fingerprint density at radius 1 is 1.56 bits per heavy atom. The molecule has 0 bridgehead atoms. The molecule has 0 aromatic carbocycles. The van der Waals surface area contributed by atoms with Gasteiger partial charge in [0.05, 0.1) is 13.2 Å². The number of hydrogen-bond acceptors (Lipinski definition) is 4. The third-order valence-corrected chi connectivity index (χ3v) is 3.25. The predicted octanol–water partition coefficient (Wildman–Crippen LogP) is 2.13. The van der Waals surface area contributed by atoms with Crippen LogP contribution in [0.4, 0.5) is 0 Å². The monoisotopic (exact) mass is 223 g/mol. The number of ether oxygens (including phenoxy) is 1. The summed E-state index contributed by atoms with van der Waals surface area (Å²) in [7, 11) is 3.27. The summed E-state index contributed by atoms with van der Waals surface area (Å²) in [4.78, 5) is 11.3. The van der Waals surface area contributed by atoms with Gasteiger partial charge in [0.2, 0.25) is 5.76 Å². The zero-order valence-electron chi connectivity index (χ0n) is 9.66. The standard InChI is InChI=1S/C12H17NO3/c1-13-11(8-4-3-5-8)9-6-7-10(16-9)12(14)15-2/h6-8,11,13H,3-5H2,1-2H3. The predicted molar refractivity (Wildman–Crippen MR) is 59.2 cm³/mol. The molecule has 1 saturated carbocycles. The Kier molecular flexibility index (Phi) is 3.29. The van der Waals surface area contributed by atoms with Crippen LogP contribution in [-0.2, 0) is 4.74 Å². The van der Waals surface area contributed by atoms with E-state index in [1.165, 1.54) is 26.4 Å². The van der Waals surface area contributed by atoms with Gasteiger partial charge in [-0.1, -0.05) is 6.42 Å². The maximum absolute atomic E-state index is 11.3. The number of nitrogens with one attached hydrogen (secondary N) is 1. The summed E-state index contributed by atoms with van der Waals surface area (Å²) in [6.07, 6.45) is 3.73. The minimum Gasteiger partial charge on any atom is -0.463 e. The maximum Gasteiger partial charge on any atom is 0.373 e. The van der Waals surface area contributed by atoms with Gasteiger partial charge in [-0.3, -0.25) is 0 Å². The molecule has 1 heterocycles. The van der Waals surface area contributed by atoms with Crippen LogP contribution in [0.25, 0.3) is 0 Å². The fraction of sp³-hybridized carbons (Fsp3) is 0.583. The molecule has 1 unspecified atom stereocenters. The van der Waals surface area contributed by atoms with Crippen molar-refractivity contribution in [3.05, 3.63) is 23.7 Å². The van der Waals surface area contributed by atoms with Crippen molar-refractivity contribution in [3.63, 3.8) is 0 Å². The summed E-state index contributed by atoms with van der Waals surface area (Å²) < 4.78 is 10.1. The van der Waals surface area contributed by atoms with Gasteiger partial charge in [-0.05, 0) is 37.9 Å². The Morgan fingerprint density at radius 2 is 2.31 bits per heavy atom. The van der Waals surface area contributed by atoms with Crippen molar-refractivity contribution >= 4 is 5.97 Å². The van der Waals surface area contributed by atoms with Crippen LogP contribution in [0.3, 0.4) is 0 Å². The maximum atomic E-state index is 11.3. The van der Waals surface area contributed by atoms with E-state index in [-0.39, 0.29) is 11.8 Å². The van der Waals surface area contributed by atoms with Crippen LogP contribution in [0.15, 0.2) is 16.5 Å². The molecule has 1 fully saturated rings. The van der Waals surface area contributed by atoms with Crippen LogP contribution in [0.5, 0.6) is 0 Å². The van der Waals surface area contributed by atoms with Crippen LogP contribution in [0, 0.1) is 5.92 Å². The SMILES string of the molecule is CNC(c1ccc(C(=O)OC)o1)C1CCC1. The number of carbonyl (C=O) groups excluding carboxylic acids is 1. The Labute approximate surface area is 95.0 Å². The van der Waals surface area contributed by atoms with Gasteiger partial charge in [-0.2, -0.15) is 0 Å². The molecule has 1 atom stereocenters. The van der Waals surface area contributed by atoms with Crippen molar-refractivity contribution in [2.45, 2.75) is 25.3 Å². The van der Waals surface area contributed by atoms with Crippen molar-refractivity contribution in [2.75, 3.05) is 14.2 Å². The van der Waals surface area contributed by atoms with Crippen LogP contribution >= 0.6 is 0 Å². The highest BCUT2D eigenvalue weighted by Crippen LogP contribution is 2.37. The van der Waals surface area contributed by atoms with Gasteiger partial charge < -0.3 is 14.5 Å². The number of furan rings is 1. The van der Waals surface area contributed by atoms with Gasteiger partial charge >= 0.3 is 5.97 Å². The van der Waals surface area contributed by atoms with Gasteiger partial charge in [0.25, 0.3) is 0 Å². The lowest BCUT2D eigenvalue weighted by molar-refractivity contribution is 0.0559. The van der Waals surface area contributed by atoms with E-state index in [0.29, 0.717) is 5.92 Å². The van der Waals surface area contributed by atoms with E-state index in [2.05, 4.69) is 10.1 Å². The molecule has 0 aliphatic heterocycles. The molecular weight excluding hydrogens is 206 g/mol. The molecule has 1 aliphatic carbocycles. The molecule has 0 saturated heterocycles. The van der Waals surface area contributed by atoms with Crippen molar-refractivity contribution < 1.29 is 13.9 Å². The van der Waals surface area contributed by atoms with Crippen LogP contribution < -0.4 is 5.32 Å². The van der Waals surface area contributed by atoms with Gasteiger partial charge in [-0.15, -0.1) is 0 Å². The quantitative estimate of drug-likeness (QED) is 0.794. The average molecular weight is 223 g/mol. The normalized spacial score (nSPS) is 17.9. The molecular formula is C12H17NO3. The summed E-state index contributed by atoms with van der Waals surface area (Å²) >= 11 is 0. The molecule has 1 aromatic heterocycles. The highest BCUT2D eigenvalue weighted by molar-refractivity contribution is 5.86. The second kappa shape index (κ2) is 4.70. The first-order valence-corrected chi connectivity index (χ1v) is 5.61. The summed E-state index contributed by atoms with van der Waals surface area (Å²) in [5.74, 6) is 1.31. The lowest BCUT2D eigenvalue weighted by Gasteiger charge is -2.32. The third kappa shape index (κ3) is 1.97. The lowest BCUT2D eigenvalue weighted by atomic mass is 9.79. The van der Waals surface area contributed by atoms with Crippen molar-refractivity contribution in [3.8, 4) is 0 Å². The second-order valence-electron chi connectivity index (χ2n) is 4.15. The third-order valence-electron chi connectivity index (χ3n) is 3.25. The van der Waals surface area contributed by atoms with E-state index < -0.39 is 5.97 Å². The molecule has 1 aliphatic rings. The van der Waals surface area contributed by atoms with Crippen LogP contribution in [-0.4, -0.2) is 20.1 Å². The topological polar surface area (TPSA) is 51.5 Å². The minimum absolute atomic E-state index is 0.215. The highest BCUT2D eigenvalue weighted by atomic mass is 16.5. The van der Waals surface area contributed by atoms with Gasteiger partial charge in [0.1, 0.15) is 5.76 Å². The molecule has 0 radical (unpaired) electrons. The molecule has 0 spiro atoms. The zero-order chi connectivity index (χ0) is 11.5. The first-order valence-electron chi connectivity index (χ1n) is 5.61.